The molecule has 0 aromatic rings. The molecule has 8 nitrogen and oxygen atoms in total. The highest BCUT2D eigenvalue weighted by atomic mass is 31.2. The summed E-state index contributed by atoms with van der Waals surface area (Å²) >= 11 is 0. The minimum absolute atomic E-state index is 0.221. The molecule has 0 aromatic heterocycles. The minimum atomic E-state index is -4.74. The number of unbranched alkanes of at least 4 members (excludes halogenated alkanes) is 32. The van der Waals surface area contributed by atoms with Crippen LogP contribution in [0.4, 0.5) is 0 Å². The van der Waals surface area contributed by atoms with Crippen LogP contribution in [-0.4, -0.2) is 41.0 Å². The molecule has 1 unspecified atom stereocenters. The van der Waals surface area contributed by atoms with E-state index in [1.165, 1.54) is 180 Å². The van der Waals surface area contributed by atoms with E-state index in [4.69, 9.17) is 19.3 Å². The molecule has 0 saturated carbocycles. The van der Waals surface area contributed by atoms with Gasteiger partial charge in [0.1, 0.15) is 6.61 Å². The van der Waals surface area contributed by atoms with Crippen molar-refractivity contribution in [1.29, 1.82) is 0 Å². The first-order valence-electron chi connectivity index (χ1n) is 22.3. The van der Waals surface area contributed by atoms with Gasteiger partial charge in [-0.2, -0.15) is 0 Å². The van der Waals surface area contributed by atoms with E-state index in [2.05, 4.69) is 18.4 Å². The van der Waals surface area contributed by atoms with Crippen LogP contribution < -0.4 is 0 Å². The highest BCUT2D eigenvalue weighted by Gasteiger charge is 2.23. The molecule has 52 heavy (non-hydrogen) atoms. The average molecular weight is 761 g/mol. The van der Waals surface area contributed by atoms with Gasteiger partial charge in [-0.25, -0.2) is 4.57 Å². The fraction of sp³-hybridized carbons (Fsp3) is 0.953. The Morgan fingerprint density at radius 2 is 0.692 bits per heavy atom. The van der Waals surface area contributed by atoms with Crippen molar-refractivity contribution in [2.45, 2.75) is 251 Å². The van der Waals surface area contributed by atoms with Crippen molar-refractivity contribution in [2.75, 3.05) is 13.2 Å². The summed E-state index contributed by atoms with van der Waals surface area (Å²) in [5.74, 6) is -0.868. The van der Waals surface area contributed by atoms with Gasteiger partial charge >= 0.3 is 19.8 Å². The predicted molar refractivity (Wildman–Crippen MR) is 216 cm³/mol. The van der Waals surface area contributed by atoms with Crippen LogP contribution in [0, 0.1) is 0 Å². The van der Waals surface area contributed by atoms with E-state index in [1.807, 2.05) is 0 Å². The Morgan fingerprint density at radius 1 is 0.423 bits per heavy atom. The number of phosphoric acid groups is 1. The molecule has 0 rings (SSSR count). The Balaban J connectivity index is 3.76. The molecule has 0 amide bonds. The first kappa shape index (κ1) is 51.0. The van der Waals surface area contributed by atoms with Crippen LogP contribution in [0.1, 0.15) is 245 Å². The third kappa shape index (κ3) is 41.8. The van der Waals surface area contributed by atoms with Gasteiger partial charge in [0, 0.05) is 12.8 Å². The molecule has 0 aliphatic carbocycles. The van der Waals surface area contributed by atoms with Crippen LogP contribution in [0.2, 0.25) is 0 Å². The molecule has 0 saturated heterocycles. The van der Waals surface area contributed by atoms with Gasteiger partial charge in [0.25, 0.3) is 0 Å². The van der Waals surface area contributed by atoms with E-state index < -0.39 is 32.5 Å². The van der Waals surface area contributed by atoms with Crippen molar-refractivity contribution in [2.24, 2.45) is 0 Å². The van der Waals surface area contributed by atoms with Crippen molar-refractivity contribution < 1.29 is 37.9 Å². The number of esters is 2. The minimum Gasteiger partial charge on any atom is -0.462 e. The smallest absolute Gasteiger partial charge is 0.462 e. The largest absolute Gasteiger partial charge is 0.469 e. The molecule has 0 aromatic carbocycles. The first-order chi connectivity index (χ1) is 25.3. The second-order valence-corrected chi connectivity index (χ2v) is 16.6. The fourth-order valence-electron chi connectivity index (χ4n) is 6.79. The van der Waals surface area contributed by atoms with Crippen LogP contribution in [0.25, 0.3) is 0 Å². The van der Waals surface area contributed by atoms with Crippen LogP contribution in [0.3, 0.4) is 0 Å². The summed E-state index contributed by atoms with van der Waals surface area (Å²) in [5, 5.41) is 0. The third-order valence-electron chi connectivity index (χ3n) is 10.1. The highest BCUT2D eigenvalue weighted by Crippen LogP contribution is 2.36. The normalized spacial score (nSPS) is 12.3. The van der Waals surface area contributed by atoms with Gasteiger partial charge in [-0.1, -0.05) is 219 Å². The Hall–Kier alpha value is -0.950. The summed E-state index contributed by atoms with van der Waals surface area (Å²) < 4.78 is 26.4. The van der Waals surface area contributed by atoms with Crippen molar-refractivity contribution in [3.8, 4) is 0 Å². The Bertz CT molecular complexity index is 817. The molecule has 0 heterocycles. The van der Waals surface area contributed by atoms with Crippen molar-refractivity contribution in [3.05, 3.63) is 0 Å². The number of hydrogen-bond acceptors (Lipinski definition) is 6. The monoisotopic (exact) mass is 761 g/mol. The molecular weight excluding hydrogens is 675 g/mol. The van der Waals surface area contributed by atoms with Crippen LogP contribution in [0.5, 0.6) is 0 Å². The lowest BCUT2D eigenvalue weighted by Crippen LogP contribution is -2.29. The van der Waals surface area contributed by atoms with Crippen molar-refractivity contribution in [1.82, 2.24) is 0 Å². The van der Waals surface area contributed by atoms with E-state index in [-0.39, 0.29) is 19.4 Å². The standard InChI is InChI=1S/C43H85O8P/c1-3-5-7-9-11-13-15-16-17-18-19-20-21-22-23-24-25-26-28-30-32-34-36-38-43(45)51-41(40-50-52(46,47)48)39-49-42(44)37-35-33-31-29-27-14-12-10-8-6-4-2/h41H,3-40H2,1-2H3,(H2,46,47,48). The van der Waals surface area contributed by atoms with Gasteiger partial charge in [-0.15, -0.1) is 0 Å². The molecule has 9 heteroatoms. The number of ether oxygens (including phenoxy) is 2. The lowest BCUT2D eigenvalue weighted by Gasteiger charge is -2.18. The molecule has 0 aliphatic rings. The number of phosphoric ester groups is 1. The highest BCUT2D eigenvalue weighted by molar-refractivity contribution is 7.46. The Labute approximate surface area is 321 Å². The van der Waals surface area contributed by atoms with Gasteiger partial charge in [-0.05, 0) is 12.8 Å². The summed E-state index contributed by atoms with van der Waals surface area (Å²) in [6.07, 6.45) is 42.7. The second kappa shape index (κ2) is 39.7. The van der Waals surface area contributed by atoms with Crippen LogP contribution in [0.15, 0.2) is 0 Å². The molecule has 2 N–H and O–H groups in total. The van der Waals surface area contributed by atoms with Gasteiger partial charge in [0.05, 0.1) is 6.61 Å². The quantitative estimate of drug-likeness (QED) is 0.0358. The summed E-state index contributed by atoms with van der Waals surface area (Å²) in [5.41, 5.74) is 0. The first-order valence-corrected chi connectivity index (χ1v) is 23.9. The topological polar surface area (TPSA) is 119 Å². The van der Waals surface area contributed by atoms with Crippen molar-refractivity contribution in [3.63, 3.8) is 0 Å². The van der Waals surface area contributed by atoms with E-state index in [1.54, 1.807) is 0 Å². The molecule has 310 valence electrons. The van der Waals surface area contributed by atoms with Crippen molar-refractivity contribution >= 4 is 19.8 Å². The second-order valence-electron chi connectivity index (χ2n) is 15.4. The van der Waals surface area contributed by atoms with Crippen LogP contribution >= 0.6 is 7.82 Å². The van der Waals surface area contributed by atoms with Gasteiger partial charge in [-0.3, -0.25) is 14.1 Å². The van der Waals surface area contributed by atoms with E-state index >= 15 is 0 Å². The fourth-order valence-corrected chi connectivity index (χ4v) is 7.15. The number of rotatable bonds is 42. The molecule has 0 spiro atoms. The lowest BCUT2D eigenvalue weighted by atomic mass is 10.0. The van der Waals surface area contributed by atoms with Gasteiger partial charge in [0.15, 0.2) is 6.10 Å². The summed E-state index contributed by atoms with van der Waals surface area (Å²) in [6, 6.07) is 0. The average Bonchev–Trinajstić information content (AvgIpc) is 3.11. The third-order valence-corrected chi connectivity index (χ3v) is 10.6. The SMILES string of the molecule is CCCCCCCCCCCCCCCCCCCCCCCCCC(=O)OC(COC(=O)CCCCCCCCCCCCC)COP(=O)(O)O. The maximum absolute atomic E-state index is 12.4. The maximum Gasteiger partial charge on any atom is 0.469 e. The molecule has 0 aliphatic heterocycles. The zero-order chi connectivity index (χ0) is 38.2. The number of carbonyl (C=O) groups excluding carboxylic acids is 2. The molecular formula is C43H85O8P. The molecule has 0 bridgehead atoms. The predicted octanol–water partition coefficient (Wildman–Crippen LogP) is 13.6. The lowest BCUT2D eigenvalue weighted by molar-refractivity contribution is -0.161. The van der Waals surface area contributed by atoms with E-state index in [9.17, 15) is 14.2 Å². The number of carbonyl (C=O) groups is 2. The zero-order valence-corrected chi connectivity index (χ0v) is 35.1. The Kier molecular flexibility index (Phi) is 39.0. The van der Waals surface area contributed by atoms with Gasteiger partial charge in [0.2, 0.25) is 0 Å². The summed E-state index contributed by atoms with van der Waals surface area (Å²) in [4.78, 5) is 42.8. The van der Waals surface area contributed by atoms with Gasteiger partial charge < -0.3 is 19.3 Å². The van der Waals surface area contributed by atoms with E-state index in [0.717, 1.165) is 32.1 Å². The summed E-state index contributed by atoms with van der Waals surface area (Å²) in [7, 11) is -4.74. The van der Waals surface area contributed by atoms with Crippen LogP contribution in [-0.2, 0) is 28.2 Å². The Morgan fingerprint density at radius 3 is 0.981 bits per heavy atom. The van der Waals surface area contributed by atoms with E-state index in [0.29, 0.717) is 6.42 Å². The molecule has 0 radical (unpaired) electrons. The summed E-state index contributed by atoms with van der Waals surface area (Å²) in [6.45, 7) is 3.71. The number of hydrogen-bond donors (Lipinski definition) is 2. The molecule has 1 atom stereocenters. The molecule has 0 fully saturated rings. The maximum atomic E-state index is 12.4. The zero-order valence-electron chi connectivity index (χ0n) is 34.2.